The molecular weight excluding hydrogens is 298 g/mol. The highest BCUT2D eigenvalue weighted by Gasteiger charge is 2.33. The van der Waals surface area contributed by atoms with E-state index in [0.29, 0.717) is 25.1 Å². The molecule has 2 aromatic heterocycles. The zero-order valence-electron chi connectivity index (χ0n) is 13.0. The third-order valence-electron chi connectivity index (χ3n) is 4.43. The Morgan fingerprint density at radius 2 is 2.17 bits per heavy atom. The number of rotatable bonds is 3. The summed E-state index contributed by atoms with van der Waals surface area (Å²) in [5.41, 5.74) is 2.05. The largest absolute Gasteiger partial charge is 0.377 e. The average molecular weight is 317 g/mol. The molecule has 1 saturated heterocycles. The van der Waals surface area contributed by atoms with Gasteiger partial charge in [0.05, 0.1) is 24.9 Å². The molecule has 0 spiro atoms. The number of aromatic nitrogens is 4. The van der Waals surface area contributed by atoms with Crippen LogP contribution >= 0.6 is 0 Å². The fraction of sp³-hybridized carbons (Fsp3) is 0.600. The van der Waals surface area contributed by atoms with E-state index in [1.165, 1.54) is 0 Å². The first-order valence-electron chi connectivity index (χ1n) is 7.97. The molecule has 2 atom stereocenters. The normalized spacial score (nSPS) is 23.7. The summed E-state index contributed by atoms with van der Waals surface area (Å²) in [6.45, 7) is 2.67. The second-order valence-electron chi connectivity index (χ2n) is 6.11. The molecule has 8 nitrogen and oxygen atoms in total. The van der Waals surface area contributed by atoms with Gasteiger partial charge in [0.2, 0.25) is 0 Å². The van der Waals surface area contributed by atoms with Gasteiger partial charge in [0, 0.05) is 6.07 Å². The van der Waals surface area contributed by atoms with Crippen molar-refractivity contribution in [1.82, 2.24) is 19.9 Å². The van der Waals surface area contributed by atoms with E-state index >= 15 is 0 Å². The summed E-state index contributed by atoms with van der Waals surface area (Å²) in [6, 6.07) is 1.77. The number of nitrogens with one attached hydrogen (secondary N) is 1. The molecule has 122 valence electrons. The van der Waals surface area contributed by atoms with Crippen LogP contribution in [0.2, 0.25) is 0 Å². The average Bonchev–Trinajstić information content (AvgIpc) is 3.16. The van der Waals surface area contributed by atoms with Gasteiger partial charge in [-0.2, -0.15) is 10.1 Å². The van der Waals surface area contributed by atoms with Crippen LogP contribution in [0.4, 0.5) is 6.01 Å². The second-order valence-corrected chi connectivity index (χ2v) is 6.11. The van der Waals surface area contributed by atoms with Crippen LogP contribution in [0.1, 0.15) is 36.0 Å². The maximum Gasteiger partial charge on any atom is 0.321 e. The molecule has 1 N–H and O–H groups in total. The number of hydrogen-bond donors (Lipinski definition) is 1. The van der Waals surface area contributed by atoms with Crippen LogP contribution in [0, 0.1) is 6.92 Å². The predicted octanol–water partition coefficient (Wildman–Crippen LogP) is 0.866. The van der Waals surface area contributed by atoms with Crippen molar-refractivity contribution in [1.29, 1.82) is 0 Å². The fourth-order valence-electron chi connectivity index (χ4n) is 3.25. The molecule has 0 aromatic carbocycles. The number of anilines is 1. The van der Waals surface area contributed by atoms with E-state index < -0.39 is 0 Å². The zero-order chi connectivity index (χ0) is 15.8. The van der Waals surface area contributed by atoms with Crippen molar-refractivity contribution in [2.45, 2.75) is 44.7 Å². The summed E-state index contributed by atoms with van der Waals surface area (Å²) in [6.07, 6.45) is 4.14. The highest BCUT2D eigenvalue weighted by atomic mass is 16.5. The van der Waals surface area contributed by atoms with Gasteiger partial charge in [-0.25, -0.2) is 4.68 Å². The lowest BCUT2D eigenvalue weighted by molar-refractivity contribution is 0.182. The Morgan fingerprint density at radius 1 is 1.30 bits per heavy atom. The van der Waals surface area contributed by atoms with Crippen molar-refractivity contribution < 1.29 is 9.26 Å². The summed E-state index contributed by atoms with van der Waals surface area (Å²) in [5.74, 6) is 0.562. The SMILES string of the molecule is Cc1noc(NC2COCC2n2nc3c(cc2=O)CCCC3)n1. The van der Waals surface area contributed by atoms with Crippen molar-refractivity contribution in [3.8, 4) is 0 Å². The van der Waals surface area contributed by atoms with Crippen LogP contribution in [0.3, 0.4) is 0 Å². The van der Waals surface area contributed by atoms with Gasteiger partial charge in [-0.1, -0.05) is 5.16 Å². The molecule has 8 heteroatoms. The molecular formula is C15H19N5O3. The molecule has 0 amide bonds. The summed E-state index contributed by atoms with van der Waals surface area (Å²) in [7, 11) is 0. The van der Waals surface area contributed by atoms with Crippen molar-refractivity contribution >= 4 is 6.01 Å². The van der Waals surface area contributed by atoms with Gasteiger partial charge in [0.15, 0.2) is 5.82 Å². The molecule has 2 aromatic rings. The lowest BCUT2D eigenvalue weighted by Gasteiger charge is -2.22. The summed E-state index contributed by atoms with van der Waals surface area (Å²) in [5, 5.41) is 11.5. The third-order valence-corrected chi connectivity index (χ3v) is 4.43. The van der Waals surface area contributed by atoms with Crippen molar-refractivity contribution in [2.75, 3.05) is 18.5 Å². The molecule has 0 bridgehead atoms. The second kappa shape index (κ2) is 5.77. The Bertz CT molecular complexity index is 769. The van der Waals surface area contributed by atoms with Crippen molar-refractivity contribution in [3.63, 3.8) is 0 Å². The Hall–Kier alpha value is -2.22. The molecule has 1 aliphatic heterocycles. The Labute approximate surface area is 132 Å². The van der Waals surface area contributed by atoms with Crippen LogP contribution < -0.4 is 10.9 Å². The quantitative estimate of drug-likeness (QED) is 0.897. The molecule has 4 rings (SSSR count). The van der Waals surface area contributed by atoms with E-state index in [0.717, 1.165) is 36.9 Å². The minimum absolute atomic E-state index is 0.0744. The zero-order valence-corrected chi connectivity index (χ0v) is 13.0. The minimum Gasteiger partial charge on any atom is -0.377 e. The van der Waals surface area contributed by atoms with E-state index in [4.69, 9.17) is 9.26 Å². The summed E-state index contributed by atoms with van der Waals surface area (Å²) in [4.78, 5) is 16.6. The van der Waals surface area contributed by atoms with Crippen LogP contribution in [-0.2, 0) is 17.6 Å². The van der Waals surface area contributed by atoms with Gasteiger partial charge >= 0.3 is 6.01 Å². The highest BCUT2D eigenvalue weighted by Crippen LogP contribution is 2.23. The van der Waals surface area contributed by atoms with Crippen LogP contribution in [0.15, 0.2) is 15.4 Å². The van der Waals surface area contributed by atoms with Gasteiger partial charge in [-0.3, -0.25) is 4.79 Å². The van der Waals surface area contributed by atoms with Crippen LogP contribution in [0.5, 0.6) is 0 Å². The Morgan fingerprint density at radius 3 is 3.00 bits per heavy atom. The molecule has 0 radical (unpaired) electrons. The van der Waals surface area contributed by atoms with E-state index in [1.807, 2.05) is 0 Å². The van der Waals surface area contributed by atoms with Gasteiger partial charge in [0.1, 0.15) is 6.04 Å². The fourth-order valence-corrected chi connectivity index (χ4v) is 3.25. The first kappa shape index (κ1) is 14.4. The maximum absolute atomic E-state index is 12.4. The molecule has 2 aliphatic rings. The van der Waals surface area contributed by atoms with Gasteiger partial charge < -0.3 is 14.6 Å². The van der Waals surface area contributed by atoms with E-state index in [9.17, 15) is 4.79 Å². The topological polar surface area (TPSA) is 95.1 Å². The lowest BCUT2D eigenvalue weighted by atomic mass is 9.97. The molecule has 23 heavy (non-hydrogen) atoms. The smallest absolute Gasteiger partial charge is 0.321 e. The monoisotopic (exact) mass is 317 g/mol. The standard InChI is InChI=1S/C15H19N5O3/c1-9-16-15(23-19-9)17-12-7-22-8-13(12)20-14(21)6-10-4-2-3-5-11(10)18-20/h6,12-13H,2-5,7-8H2,1H3,(H,16,17,19). The van der Waals surface area contributed by atoms with Crippen LogP contribution in [-0.4, -0.2) is 39.2 Å². The van der Waals surface area contributed by atoms with E-state index in [1.54, 1.807) is 17.7 Å². The van der Waals surface area contributed by atoms with Gasteiger partial charge in [-0.15, -0.1) is 0 Å². The van der Waals surface area contributed by atoms with Crippen molar-refractivity contribution in [3.05, 3.63) is 33.5 Å². The number of hydrogen-bond acceptors (Lipinski definition) is 7. The molecule has 0 saturated carbocycles. The lowest BCUT2D eigenvalue weighted by Crippen LogP contribution is -2.38. The maximum atomic E-state index is 12.4. The molecule has 1 fully saturated rings. The predicted molar refractivity (Wildman–Crippen MR) is 81.4 cm³/mol. The Balaban J connectivity index is 1.62. The first-order valence-corrected chi connectivity index (χ1v) is 7.97. The number of nitrogens with zero attached hydrogens (tertiary/aromatic N) is 4. The number of fused-ring (bicyclic) bond motifs is 1. The van der Waals surface area contributed by atoms with Gasteiger partial charge in [-0.05, 0) is 38.2 Å². The van der Waals surface area contributed by atoms with Crippen molar-refractivity contribution in [2.24, 2.45) is 0 Å². The summed E-state index contributed by atoms with van der Waals surface area (Å²) >= 11 is 0. The van der Waals surface area contributed by atoms with E-state index in [-0.39, 0.29) is 17.6 Å². The Kier molecular flexibility index (Phi) is 3.60. The minimum atomic E-state index is -0.179. The van der Waals surface area contributed by atoms with Crippen LogP contribution in [0.25, 0.3) is 0 Å². The van der Waals surface area contributed by atoms with Gasteiger partial charge in [0.25, 0.3) is 5.56 Å². The number of ether oxygens (including phenoxy) is 1. The third kappa shape index (κ3) is 2.74. The molecule has 1 aliphatic carbocycles. The highest BCUT2D eigenvalue weighted by molar-refractivity contribution is 5.24. The summed E-state index contributed by atoms with van der Waals surface area (Å²) < 4.78 is 12.2. The molecule has 2 unspecified atom stereocenters. The first-order chi connectivity index (χ1) is 11.2. The number of aryl methyl sites for hydroxylation is 3. The van der Waals surface area contributed by atoms with E-state index in [2.05, 4.69) is 20.6 Å². The molecule has 3 heterocycles.